The molecule has 0 saturated heterocycles. The summed E-state index contributed by atoms with van der Waals surface area (Å²) in [5.74, 6) is -1.13. The minimum Gasteiger partial charge on any atom is -0.545 e. The summed E-state index contributed by atoms with van der Waals surface area (Å²) in [6, 6.07) is 8.06. The molecule has 0 radical (unpaired) electrons. The van der Waals surface area contributed by atoms with Gasteiger partial charge in [-0.25, -0.2) is 0 Å². The summed E-state index contributed by atoms with van der Waals surface area (Å²) < 4.78 is 0. The maximum absolute atomic E-state index is 10.1. The Hall–Kier alpha value is 0.0400. The van der Waals surface area contributed by atoms with E-state index < -0.39 is 5.97 Å². The second-order valence-corrected chi connectivity index (χ2v) is 1.65. The second kappa shape index (κ2) is 6.73. The van der Waals surface area contributed by atoms with Crippen LogP contribution in [0, 0.1) is 0 Å². The van der Waals surface area contributed by atoms with Crippen molar-refractivity contribution >= 4 is 19.5 Å². The number of carbonyl (C=O) groups excluding carboxylic acids is 1. The number of aromatic carboxylic acids is 1. The minimum absolute atomic E-state index is 0. The summed E-state index contributed by atoms with van der Waals surface area (Å²) in [6.45, 7) is 0. The summed E-state index contributed by atoms with van der Waals surface area (Å²) in [4.78, 5) is 10.1. The van der Waals surface area contributed by atoms with E-state index in [9.17, 15) is 9.90 Å². The van der Waals surface area contributed by atoms with Crippen molar-refractivity contribution in [2.24, 2.45) is 0 Å². The van der Waals surface area contributed by atoms with Gasteiger partial charge in [0, 0.05) is 0 Å². The Labute approximate surface area is 94.4 Å². The van der Waals surface area contributed by atoms with Crippen molar-refractivity contribution in [3.63, 3.8) is 0 Å². The predicted octanol–water partition coefficient (Wildman–Crippen LogP) is -2.83. The van der Waals surface area contributed by atoms with Gasteiger partial charge in [-0.1, -0.05) is 30.3 Å². The number of rotatable bonds is 1. The molecule has 0 unspecified atom stereocenters. The SMILES string of the molecule is O=C([O-])c1ccccc1.S.[Na+]. The molecule has 1 aromatic carbocycles. The Morgan fingerprint density at radius 1 is 1.18 bits per heavy atom. The van der Waals surface area contributed by atoms with Gasteiger partial charge in [-0.15, -0.1) is 0 Å². The van der Waals surface area contributed by atoms with Gasteiger partial charge in [-0.3, -0.25) is 0 Å². The van der Waals surface area contributed by atoms with E-state index in [1.54, 1.807) is 18.2 Å². The molecular weight excluding hydrogens is 171 g/mol. The standard InChI is InChI=1S/C7H6O2.Na.H2S/c8-7(9)6-4-2-1-3-5-6;;/h1-5H,(H,8,9);;1H2/q;+1;/p-1. The first-order chi connectivity index (χ1) is 4.30. The van der Waals surface area contributed by atoms with E-state index in [4.69, 9.17) is 0 Å². The number of carbonyl (C=O) groups is 1. The van der Waals surface area contributed by atoms with Crippen LogP contribution < -0.4 is 34.7 Å². The zero-order chi connectivity index (χ0) is 6.69. The van der Waals surface area contributed by atoms with Crippen molar-refractivity contribution in [1.29, 1.82) is 0 Å². The molecule has 0 aliphatic carbocycles. The fraction of sp³-hybridized carbons (Fsp3) is 0. The average molecular weight is 178 g/mol. The third kappa shape index (κ3) is 4.48. The molecule has 0 aliphatic heterocycles. The van der Waals surface area contributed by atoms with Crippen molar-refractivity contribution in [2.45, 2.75) is 0 Å². The van der Waals surface area contributed by atoms with Crippen LogP contribution in [0.4, 0.5) is 0 Å². The molecule has 0 saturated carbocycles. The van der Waals surface area contributed by atoms with Crippen LogP contribution in [0.1, 0.15) is 10.4 Å². The van der Waals surface area contributed by atoms with Gasteiger partial charge in [0.05, 0.1) is 5.97 Å². The van der Waals surface area contributed by atoms with Crippen molar-refractivity contribution in [1.82, 2.24) is 0 Å². The van der Waals surface area contributed by atoms with E-state index in [1.807, 2.05) is 0 Å². The van der Waals surface area contributed by atoms with Gasteiger partial charge >= 0.3 is 29.6 Å². The monoisotopic (exact) mass is 178 g/mol. The number of hydrogen-bond donors (Lipinski definition) is 0. The molecule has 2 nitrogen and oxygen atoms in total. The normalized spacial score (nSPS) is 7.27. The van der Waals surface area contributed by atoms with Gasteiger partial charge in [-0.2, -0.15) is 13.5 Å². The number of carboxylic acid groups (broad SMARTS) is 1. The number of carboxylic acids is 1. The smallest absolute Gasteiger partial charge is 0.545 e. The molecule has 0 amide bonds. The largest absolute Gasteiger partial charge is 1.00 e. The van der Waals surface area contributed by atoms with E-state index in [0.717, 1.165) is 0 Å². The Bertz CT molecular complexity index is 213. The topological polar surface area (TPSA) is 40.1 Å². The zero-order valence-corrected chi connectivity index (χ0v) is 9.20. The van der Waals surface area contributed by atoms with Crippen molar-refractivity contribution in [3.8, 4) is 0 Å². The number of hydrogen-bond acceptors (Lipinski definition) is 2. The molecule has 0 aromatic heterocycles. The molecule has 0 fully saturated rings. The quantitative estimate of drug-likeness (QED) is 0.435. The first kappa shape index (κ1) is 13.6. The van der Waals surface area contributed by atoms with Crippen LogP contribution in [-0.4, -0.2) is 5.97 Å². The van der Waals surface area contributed by atoms with E-state index in [-0.39, 0.29) is 48.6 Å². The fourth-order valence-corrected chi connectivity index (χ4v) is 0.574. The Balaban J connectivity index is 0. The molecule has 0 heterocycles. The van der Waals surface area contributed by atoms with Crippen molar-refractivity contribution < 1.29 is 39.5 Å². The number of benzene rings is 1. The van der Waals surface area contributed by atoms with E-state index in [2.05, 4.69) is 0 Å². The second-order valence-electron chi connectivity index (χ2n) is 1.65. The van der Waals surface area contributed by atoms with Crippen LogP contribution >= 0.6 is 13.5 Å². The van der Waals surface area contributed by atoms with Crippen LogP contribution in [0.25, 0.3) is 0 Å². The first-order valence-electron chi connectivity index (χ1n) is 2.57. The first-order valence-corrected chi connectivity index (χ1v) is 2.57. The van der Waals surface area contributed by atoms with Gasteiger partial charge in [0.1, 0.15) is 0 Å². The van der Waals surface area contributed by atoms with Crippen LogP contribution in [0.15, 0.2) is 30.3 Å². The molecule has 0 atom stereocenters. The molecule has 11 heavy (non-hydrogen) atoms. The van der Waals surface area contributed by atoms with Crippen LogP contribution in [0.2, 0.25) is 0 Å². The molecular formula is C7H7NaO2S. The maximum atomic E-state index is 10.1. The summed E-state index contributed by atoms with van der Waals surface area (Å²) >= 11 is 0. The molecule has 54 valence electrons. The minimum atomic E-state index is -1.13. The summed E-state index contributed by atoms with van der Waals surface area (Å²) in [6.07, 6.45) is 0. The van der Waals surface area contributed by atoms with Crippen LogP contribution in [0.5, 0.6) is 0 Å². The van der Waals surface area contributed by atoms with Crippen LogP contribution in [0.3, 0.4) is 0 Å². The van der Waals surface area contributed by atoms with Crippen molar-refractivity contribution in [3.05, 3.63) is 35.9 Å². The zero-order valence-electron chi connectivity index (χ0n) is 6.20. The molecule has 0 bridgehead atoms. The Kier molecular flexibility index (Phi) is 8.33. The predicted molar refractivity (Wildman–Crippen MR) is 41.2 cm³/mol. The molecule has 0 aliphatic rings. The molecule has 1 rings (SSSR count). The Morgan fingerprint density at radius 2 is 1.64 bits per heavy atom. The van der Waals surface area contributed by atoms with E-state index in [1.165, 1.54) is 12.1 Å². The summed E-state index contributed by atoms with van der Waals surface area (Å²) in [7, 11) is 0. The molecule has 0 spiro atoms. The molecule has 1 aromatic rings. The maximum Gasteiger partial charge on any atom is 1.00 e. The van der Waals surface area contributed by atoms with Crippen LogP contribution in [-0.2, 0) is 0 Å². The summed E-state index contributed by atoms with van der Waals surface area (Å²) in [5, 5.41) is 10.1. The van der Waals surface area contributed by atoms with Gasteiger partial charge in [0.25, 0.3) is 0 Å². The van der Waals surface area contributed by atoms with E-state index in [0.29, 0.717) is 0 Å². The fourth-order valence-electron chi connectivity index (χ4n) is 0.574. The van der Waals surface area contributed by atoms with Crippen molar-refractivity contribution in [2.75, 3.05) is 0 Å². The van der Waals surface area contributed by atoms with E-state index >= 15 is 0 Å². The van der Waals surface area contributed by atoms with Gasteiger partial charge in [0.2, 0.25) is 0 Å². The van der Waals surface area contributed by atoms with Gasteiger partial charge in [-0.05, 0) is 5.56 Å². The molecule has 4 heteroatoms. The average Bonchev–Trinajstić information content (AvgIpc) is 1.90. The van der Waals surface area contributed by atoms with Gasteiger partial charge < -0.3 is 9.90 Å². The third-order valence-electron chi connectivity index (χ3n) is 1.01. The summed E-state index contributed by atoms with van der Waals surface area (Å²) in [5.41, 5.74) is 0.220. The Morgan fingerprint density at radius 3 is 1.91 bits per heavy atom. The third-order valence-corrected chi connectivity index (χ3v) is 1.01. The van der Waals surface area contributed by atoms with Gasteiger partial charge in [0.15, 0.2) is 0 Å². The molecule has 0 N–H and O–H groups in total.